The number of carbonyl (C=O) groups is 1. The van der Waals surface area contributed by atoms with Crippen LogP contribution >= 0.6 is 0 Å². The molecule has 0 bridgehead atoms. The average molecular weight is 243 g/mol. The van der Waals surface area contributed by atoms with Crippen molar-refractivity contribution in [2.75, 3.05) is 32.9 Å². The first kappa shape index (κ1) is 14.5. The minimum absolute atomic E-state index is 0.0623. The van der Waals surface area contributed by atoms with Gasteiger partial charge in [0.05, 0.1) is 13.2 Å². The highest BCUT2D eigenvalue weighted by molar-refractivity contribution is 5.70. The lowest BCUT2D eigenvalue weighted by atomic mass is 9.89. The summed E-state index contributed by atoms with van der Waals surface area (Å²) in [5, 5.41) is 3.40. The fraction of sp³-hybridized carbons (Fsp3) is 0.923. The number of ether oxygens (including phenoxy) is 2. The molecular weight excluding hydrogens is 218 g/mol. The molecular formula is C13H25NO3. The largest absolute Gasteiger partial charge is 0.464 e. The van der Waals surface area contributed by atoms with Crippen molar-refractivity contribution in [3.63, 3.8) is 0 Å². The summed E-state index contributed by atoms with van der Waals surface area (Å²) in [7, 11) is 0. The Morgan fingerprint density at radius 1 is 1.35 bits per heavy atom. The summed E-state index contributed by atoms with van der Waals surface area (Å²) < 4.78 is 9.97. The van der Waals surface area contributed by atoms with Gasteiger partial charge in [0.15, 0.2) is 0 Å². The van der Waals surface area contributed by atoms with E-state index in [9.17, 15) is 4.79 Å². The van der Waals surface area contributed by atoms with Crippen molar-refractivity contribution in [1.82, 2.24) is 5.32 Å². The molecule has 1 N–H and O–H groups in total. The fourth-order valence-electron chi connectivity index (χ4n) is 2.30. The van der Waals surface area contributed by atoms with Crippen molar-refractivity contribution in [1.29, 1.82) is 0 Å². The monoisotopic (exact) mass is 243 g/mol. The topological polar surface area (TPSA) is 47.6 Å². The molecule has 4 heteroatoms. The molecule has 0 amide bonds. The zero-order valence-electron chi connectivity index (χ0n) is 11.1. The maximum atomic E-state index is 11.0. The predicted molar refractivity (Wildman–Crippen MR) is 66.9 cm³/mol. The molecule has 0 spiro atoms. The second-order valence-electron chi connectivity index (χ2n) is 5.05. The quantitative estimate of drug-likeness (QED) is 0.521. The van der Waals surface area contributed by atoms with Crippen molar-refractivity contribution >= 4 is 5.97 Å². The van der Waals surface area contributed by atoms with E-state index in [2.05, 4.69) is 12.2 Å². The van der Waals surface area contributed by atoms with Gasteiger partial charge in [-0.2, -0.15) is 0 Å². The summed E-state index contributed by atoms with van der Waals surface area (Å²) >= 11 is 0. The Labute approximate surface area is 104 Å². The Hall–Kier alpha value is -0.610. The molecule has 0 saturated heterocycles. The van der Waals surface area contributed by atoms with Crippen LogP contribution in [0.25, 0.3) is 0 Å². The highest BCUT2D eigenvalue weighted by Gasteiger charge is 2.27. The van der Waals surface area contributed by atoms with Crippen LogP contribution in [0.2, 0.25) is 0 Å². The van der Waals surface area contributed by atoms with Crippen molar-refractivity contribution in [3.05, 3.63) is 0 Å². The summed E-state index contributed by atoms with van der Waals surface area (Å²) in [6.45, 7) is 7.03. The average Bonchev–Trinajstić information content (AvgIpc) is 2.71. The molecule has 1 aliphatic carbocycles. The molecule has 0 aliphatic heterocycles. The molecule has 1 fully saturated rings. The number of hydrogen-bond acceptors (Lipinski definition) is 4. The lowest BCUT2D eigenvalue weighted by Crippen LogP contribution is -2.32. The van der Waals surface area contributed by atoms with Crippen LogP contribution in [0.5, 0.6) is 0 Å². The third kappa shape index (κ3) is 6.03. The van der Waals surface area contributed by atoms with Gasteiger partial charge in [0.1, 0.15) is 6.61 Å². The van der Waals surface area contributed by atoms with E-state index in [0.29, 0.717) is 18.6 Å². The maximum Gasteiger partial charge on any atom is 0.332 e. The van der Waals surface area contributed by atoms with E-state index in [0.717, 1.165) is 13.1 Å². The molecule has 1 saturated carbocycles. The van der Waals surface area contributed by atoms with Crippen LogP contribution in [0, 0.1) is 5.41 Å². The van der Waals surface area contributed by atoms with E-state index >= 15 is 0 Å². The van der Waals surface area contributed by atoms with E-state index in [1.807, 2.05) is 0 Å². The summed E-state index contributed by atoms with van der Waals surface area (Å²) in [6.07, 6.45) is 5.36. The van der Waals surface area contributed by atoms with Crippen LogP contribution < -0.4 is 5.32 Å². The Kier molecular flexibility index (Phi) is 6.52. The van der Waals surface area contributed by atoms with Crippen molar-refractivity contribution in [2.24, 2.45) is 5.41 Å². The normalized spacial score (nSPS) is 18.2. The zero-order valence-corrected chi connectivity index (χ0v) is 11.1. The molecule has 0 atom stereocenters. The second kappa shape index (κ2) is 7.67. The number of esters is 1. The molecule has 17 heavy (non-hydrogen) atoms. The van der Waals surface area contributed by atoms with E-state index in [-0.39, 0.29) is 12.6 Å². The summed E-state index contributed by atoms with van der Waals surface area (Å²) in [5.74, 6) is -0.282. The van der Waals surface area contributed by atoms with Gasteiger partial charge in [-0.05, 0) is 25.2 Å². The minimum Gasteiger partial charge on any atom is -0.464 e. The fourth-order valence-corrected chi connectivity index (χ4v) is 2.30. The zero-order chi connectivity index (χ0) is 12.6. The number of nitrogens with one attached hydrogen (secondary N) is 1. The summed E-state index contributed by atoms with van der Waals surface area (Å²) in [5.41, 5.74) is 0.473. The molecule has 4 nitrogen and oxygen atoms in total. The third-order valence-electron chi connectivity index (χ3n) is 3.31. The smallest absolute Gasteiger partial charge is 0.332 e. The van der Waals surface area contributed by atoms with Crippen LogP contribution in [0.15, 0.2) is 0 Å². The SMILES string of the molecule is CCOC(=O)COCCNCC1(C)CCCC1. The van der Waals surface area contributed by atoms with E-state index in [1.54, 1.807) is 6.92 Å². The van der Waals surface area contributed by atoms with Gasteiger partial charge in [0.2, 0.25) is 0 Å². The minimum atomic E-state index is -0.282. The van der Waals surface area contributed by atoms with Gasteiger partial charge in [0.25, 0.3) is 0 Å². The molecule has 0 radical (unpaired) electrons. The number of carbonyl (C=O) groups excluding carboxylic acids is 1. The Bertz CT molecular complexity index is 225. The van der Waals surface area contributed by atoms with Crippen LogP contribution in [-0.2, 0) is 14.3 Å². The van der Waals surface area contributed by atoms with Crippen molar-refractivity contribution < 1.29 is 14.3 Å². The predicted octanol–water partition coefficient (Wildman–Crippen LogP) is 1.74. The van der Waals surface area contributed by atoms with E-state index in [4.69, 9.17) is 9.47 Å². The maximum absolute atomic E-state index is 11.0. The number of rotatable bonds is 8. The first-order valence-corrected chi connectivity index (χ1v) is 6.60. The lowest BCUT2D eigenvalue weighted by molar-refractivity contribution is -0.148. The molecule has 0 aromatic heterocycles. The molecule has 0 unspecified atom stereocenters. The highest BCUT2D eigenvalue weighted by atomic mass is 16.6. The summed E-state index contributed by atoms with van der Waals surface area (Å²) in [6, 6.07) is 0. The first-order chi connectivity index (χ1) is 8.16. The Morgan fingerprint density at radius 3 is 2.71 bits per heavy atom. The third-order valence-corrected chi connectivity index (χ3v) is 3.31. The second-order valence-corrected chi connectivity index (χ2v) is 5.05. The molecule has 100 valence electrons. The van der Waals surface area contributed by atoms with Gasteiger partial charge >= 0.3 is 5.97 Å². The van der Waals surface area contributed by atoms with E-state index < -0.39 is 0 Å². The van der Waals surface area contributed by atoms with Gasteiger partial charge in [-0.3, -0.25) is 0 Å². The Balaban J connectivity index is 1.92. The molecule has 0 aromatic rings. The standard InChI is InChI=1S/C13H25NO3/c1-3-17-12(15)10-16-9-8-14-11-13(2)6-4-5-7-13/h14H,3-11H2,1-2H3. The molecule has 1 aliphatic rings. The highest BCUT2D eigenvalue weighted by Crippen LogP contribution is 2.36. The van der Waals surface area contributed by atoms with Crippen LogP contribution in [0.1, 0.15) is 39.5 Å². The van der Waals surface area contributed by atoms with Gasteiger partial charge < -0.3 is 14.8 Å². The van der Waals surface area contributed by atoms with Gasteiger partial charge in [-0.15, -0.1) is 0 Å². The van der Waals surface area contributed by atoms with Crippen LogP contribution in [0.4, 0.5) is 0 Å². The molecule has 1 rings (SSSR count). The van der Waals surface area contributed by atoms with Crippen molar-refractivity contribution in [3.8, 4) is 0 Å². The Morgan fingerprint density at radius 2 is 2.06 bits per heavy atom. The van der Waals surface area contributed by atoms with Crippen LogP contribution in [-0.4, -0.2) is 38.9 Å². The van der Waals surface area contributed by atoms with Gasteiger partial charge in [-0.25, -0.2) is 4.79 Å². The van der Waals surface area contributed by atoms with Gasteiger partial charge in [-0.1, -0.05) is 19.8 Å². The van der Waals surface area contributed by atoms with Crippen molar-refractivity contribution in [2.45, 2.75) is 39.5 Å². The number of hydrogen-bond donors (Lipinski definition) is 1. The van der Waals surface area contributed by atoms with Gasteiger partial charge in [0, 0.05) is 13.1 Å². The lowest BCUT2D eigenvalue weighted by Gasteiger charge is -2.23. The van der Waals surface area contributed by atoms with Crippen LogP contribution in [0.3, 0.4) is 0 Å². The van der Waals surface area contributed by atoms with E-state index in [1.165, 1.54) is 25.7 Å². The molecule has 0 aromatic carbocycles. The first-order valence-electron chi connectivity index (χ1n) is 6.60. The summed E-state index contributed by atoms with van der Waals surface area (Å²) in [4.78, 5) is 11.0. The molecule has 0 heterocycles.